The maximum absolute atomic E-state index is 13.8. The summed E-state index contributed by atoms with van der Waals surface area (Å²) in [6, 6.07) is 2.22. The van der Waals surface area contributed by atoms with Crippen molar-refractivity contribution in [1.82, 2.24) is 29.8 Å². The average molecular weight is 312 g/mol. The van der Waals surface area contributed by atoms with Crippen LogP contribution in [0.2, 0.25) is 0 Å². The molecular weight excluding hydrogens is 304 g/mol. The molecular formula is C12H8F4N6. The third-order valence-electron chi connectivity index (χ3n) is 2.85. The summed E-state index contributed by atoms with van der Waals surface area (Å²) in [7, 11) is 0. The second-order valence-electron chi connectivity index (χ2n) is 4.41. The van der Waals surface area contributed by atoms with Crippen molar-refractivity contribution in [3.8, 4) is 5.69 Å². The van der Waals surface area contributed by atoms with E-state index in [2.05, 4.69) is 20.4 Å². The minimum atomic E-state index is -4.60. The van der Waals surface area contributed by atoms with Crippen LogP contribution in [0.4, 0.5) is 17.6 Å². The SMILES string of the molecule is Fc1cc(C(F)(F)F)ccc1-n1cc(Cn2cncn2)nn1. The molecule has 114 valence electrons. The van der Waals surface area contributed by atoms with Crippen molar-refractivity contribution in [3.05, 3.63) is 54.1 Å². The highest BCUT2D eigenvalue weighted by atomic mass is 19.4. The zero-order valence-corrected chi connectivity index (χ0v) is 10.9. The van der Waals surface area contributed by atoms with Crippen LogP contribution in [0.25, 0.3) is 5.69 Å². The molecule has 3 aromatic rings. The second-order valence-corrected chi connectivity index (χ2v) is 4.41. The minimum absolute atomic E-state index is 0.120. The summed E-state index contributed by atoms with van der Waals surface area (Å²) in [6.45, 7) is 0.266. The van der Waals surface area contributed by atoms with Crippen molar-refractivity contribution in [2.75, 3.05) is 0 Å². The van der Waals surface area contributed by atoms with Crippen molar-refractivity contribution in [1.29, 1.82) is 0 Å². The fraction of sp³-hybridized carbons (Fsp3) is 0.167. The van der Waals surface area contributed by atoms with E-state index in [9.17, 15) is 17.6 Å². The molecule has 2 heterocycles. The Kier molecular flexibility index (Phi) is 3.35. The summed E-state index contributed by atoms with van der Waals surface area (Å²) in [4.78, 5) is 3.76. The van der Waals surface area contributed by atoms with Crippen LogP contribution in [0.1, 0.15) is 11.3 Å². The number of benzene rings is 1. The van der Waals surface area contributed by atoms with Crippen LogP contribution in [-0.2, 0) is 12.7 Å². The Hall–Kier alpha value is -2.78. The number of aromatic nitrogens is 6. The maximum Gasteiger partial charge on any atom is 0.416 e. The molecule has 0 saturated heterocycles. The lowest BCUT2D eigenvalue weighted by Crippen LogP contribution is -2.07. The van der Waals surface area contributed by atoms with Gasteiger partial charge in [-0.05, 0) is 18.2 Å². The van der Waals surface area contributed by atoms with E-state index in [4.69, 9.17) is 0 Å². The Morgan fingerprint density at radius 1 is 1.18 bits per heavy atom. The maximum atomic E-state index is 13.8. The van der Waals surface area contributed by atoms with Crippen LogP contribution >= 0.6 is 0 Å². The number of rotatable bonds is 3. The Labute approximate surface area is 121 Å². The summed E-state index contributed by atoms with van der Waals surface area (Å²) in [5, 5.41) is 11.4. The zero-order chi connectivity index (χ0) is 15.7. The lowest BCUT2D eigenvalue weighted by atomic mass is 10.2. The van der Waals surface area contributed by atoms with Gasteiger partial charge in [0.15, 0.2) is 0 Å². The van der Waals surface area contributed by atoms with Crippen molar-refractivity contribution < 1.29 is 17.6 Å². The van der Waals surface area contributed by atoms with Crippen LogP contribution in [0.5, 0.6) is 0 Å². The highest BCUT2D eigenvalue weighted by Crippen LogP contribution is 2.30. The standard InChI is InChI=1S/C12H8F4N6/c13-10-3-8(12(14,15)16)1-2-11(10)22-5-9(19-20-22)4-21-7-17-6-18-21/h1-3,5-7H,4H2. The first-order valence-electron chi connectivity index (χ1n) is 6.04. The van der Waals surface area contributed by atoms with E-state index >= 15 is 0 Å². The van der Waals surface area contributed by atoms with Crippen molar-refractivity contribution in [2.45, 2.75) is 12.7 Å². The predicted molar refractivity (Wildman–Crippen MR) is 65.4 cm³/mol. The van der Waals surface area contributed by atoms with E-state index in [-0.39, 0.29) is 12.2 Å². The molecule has 0 amide bonds. The number of nitrogens with zero attached hydrogens (tertiary/aromatic N) is 6. The van der Waals surface area contributed by atoms with Gasteiger partial charge in [0, 0.05) is 0 Å². The van der Waals surface area contributed by atoms with E-state index in [1.54, 1.807) is 0 Å². The third kappa shape index (κ3) is 2.80. The number of alkyl halides is 3. The third-order valence-corrected chi connectivity index (χ3v) is 2.85. The molecule has 0 N–H and O–H groups in total. The number of hydrogen-bond acceptors (Lipinski definition) is 4. The summed E-state index contributed by atoms with van der Waals surface area (Å²) >= 11 is 0. The van der Waals surface area contributed by atoms with Crippen molar-refractivity contribution >= 4 is 0 Å². The highest BCUT2D eigenvalue weighted by Gasteiger charge is 2.31. The Balaban J connectivity index is 1.87. The van der Waals surface area contributed by atoms with Gasteiger partial charge in [0.2, 0.25) is 0 Å². The molecule has 1 aromatic carbocycles. The van der Waals surface area contributed by atoms with Gasteiger partial charge in [-0.3, -0.25) is 0 Å². The molecule has 3 rings (SSSR count). The molecule has 0 spiro atoms. The van der Waals surface area contributed by atoms with Gasteiger partial charge >= 0.3 is 6.18 Å². The molecule has 22 heavy (non-hydrogen) atoms. The molecule has 0 fully saturated rings. The predicted octanol–water partition coefficient (Wildman–Crippen LogP) is 2.07. The fourth-order valence-electron chi connectivity index (χ4n) is 1.84. The van der Waals surface area contributed by atoms with E-state index in [1.807, 2.05) is 0 Å². The quantitative estimate of drug-likeness (QED) is 0.695. The molecule has 0 atom stereocenters. The molecule has 0 unspecified atom stereocenters. The largest absolute Gasteiger partial charge is 0.416 e. The smallest absolute Gasteiger partial charge is 0.247 e. The zero-order valence-electron chi connectivity index (χ0n) is 10.9. The van der Waals surface area contributed by atoms with Crippen LogP contribution in [-0.4, -0.2) is 29.8 Å². The van der Waals surface area contributed by atoms with Gasteiger partial charge in [0.25, 0.3) is 0 Å². The van der Waals surface area contributed by atoms with Gasteiger partial charge in [-0.1, -0.05) is 5.21 Å². The Morgan fingerprint density at radius 3 is 2.64 bits per heavy atom. The van der Waals surface area contributed by atoms with E-state index in [0.717, 1.165) is 16.8 Å². The lowest BCUT2D eigenvalue weighted by molar-refractivity contribution is -0.137. The second kappa shape index (κ2) is 5.20. The van der Waals surface area contributed by atoms with Crippen LogP contribution in [0.15, 0.2) is 37.1 Å². The van der Waals surface area contributed by atoms with Gasteiger partial charge in [-0.15, -0.1) is 5.10 Å². The van der Waals surface area contributed by atoms with Crippen LogP contribution < -0.4 is 0 Å². The molecule has 0 aliphatic rings. The Bertz CT molecular complexity index is 777. The van der Waals surface area contributed by atoms with Gasteiger partial charge in [-0.25, -0.2) is 18.7 Å². The molecule has 0 aliphatic carbocycles. The van der Waals surface area contributed by atoms with E-state index in [1.165, 1.54) is 23.5 Å². The monoisotopic (exact) mass is 312 g/mol. The topological polar surface area (TPSA) is 61.4 Å². The minimum Gasteiger partial charge on any atom is -0.247 e. The molecule has 0 aliphatic heterocycles. The summed E-state index contributed by atoms with van der Waals surface area (Å²) < 4.78 is 53.9. The average Bonchev–Trinajstić information content (AvgIpc) is 3.10. The Morgan fingerprint density at radius 2 is 2.00 bits per heavy atom. The van der Waals surface area contributed by atoms with Crippen molar-refractivity contribution in [3.63, 3.8) is 0 Å². The molecule has 0 saturated carbocycles. The molecule has 2 aromatic heterocycles. The lowest BCUT2D eigenvalue weighted by Gasteiger charge is -2.08. The van der Waals surface area contributed by atoms with Crippen LogP contribution in [0, 0.1) is 5.82 Å². The van der Waals surface area contributed by atoms with Gasteiger partial charge in [0.05, 0.1) is 18.3 Å². The highest BCUT2D eigenvalue weighted by molar-refractivity contribution is 5.36. The summed E-state index contributed by atoms with van der Waals surface area (Å²) in [5.74, 6) is -1.04. The normalized spacial score (nSPS) is 11.8. The summed E-state index contributed by atoms with van der Waals surface area (Å²) in [5.41, 5.74) is -0.716. The number of halogens is 4. The fourth-order valence-corrected chi connectivity index (χ4v) is 1.84. The first-order valence-corrected chi connectivity index (χ1v) is 6.04. The summed E-state index contributed by atoms with van der Waals surface area (Å²) in [6.07, 6.45) is -0.370. The van der Waals surface area contributed by atoms with E-state index < -0.39 is 17.6 Å². The van der Waals surface area contributed by atoms with Gasteiger partial charge in [0.1, 0.15) is 29.9 Å². The van der Waals surface area contributed by atoms with Crippen LogP contribution in [0.3, 0.4) is 0 Å². The molecule has 0 radical (unpaired) electrons. The van der Waals surface area contributed by atoms with E-state index in [0.29, 0.717) is 11.8 Å². The molecule has 6 nitrogen and oxygen atoms in total. The van der Waals surface area contributed by atoms with Gasteiger partial charge in [-0.2, -0.15) is 18.3 Å². The van der Waals surface area contributed by atoms with Crippen molar-refractivity contribution in [2.24, 2.45) is 0 Å². The first kappa shape index (κ1) is 14.2. The first-order chi connectivity index (χ1) is 10.4. The van der Waals surface area contributed by atoms with Gasteiger partial charge < -0.3 is 0 Å². The number of hydrogen-bond donors (Lipinski definition) is 0. The molecule has 0 bridgehead atoms. The molecule has 10 heteroatoms.